The molecule has 2 aliphatic heterocycles. The average molecular weight is 369 g/mol. The maximum atomic E-state index is 13.2. The first-order chi connectivity index (χ1) is 12.2. The number of amides is 1. The van der Waals surface area contributed by atoms with Crippen LogP contribution in [0.3, 0.4) is 0 Å². The number of rotatable bonds is 3. The van der Waals surface area contributed by atoms with Gasteiger partial charge in [-0.25, -0.2) is 0 Å². The summed E-state index contributed by atoms with van der Waals surface area (Å²) in [4.78, 5) is 15.3. The first kappa shape index (κ1) is 17.3. The monoisotopic (exact) mass is 369 g/mol. The van der Waals surface area contributed by atoms with Crippen molar-refractivity contribution in [2.45, 2.75) is 25.2 Å². The Balaban J connectivity index is 1.46. The van der Waals surface area contributed by atoms with E-state index < -0.39 is 35.1 Å². The number of hydrogen-bond donors (Lipinski definition) is 2. The summed E-state index contributed by atoms with van der Waals surface area (Å²) in [5.74, 6) is -1.32. The number of nitriles is 1. The predicted molar refractivity (Wildman–Crippen MR) is 81.0 cm³/mol. The molecule has 1 aromatic heterocycles. The Hall–Kier alpha value is -2.12. The number of halogens is 3. The standard InChI is InChI=1S/C16H18F3N5O2/c17-16(18,19)15(1-2-15)13(26)24-8-14(9-24)7-23(6-11(14)3-20)12(25)10-4-21-22-5-10/h4-5,11-12,25H,1-2,6-9H2,(H,21,22). The van der Waals surface area contributed by atoms with Crippen LogP contribution >= 0.6 is 0 Å². The molecule has 1 amide bonds. The molecule has 1 aromatic rings. The van der Waals surface area contributed by atoms with Crippen molar-refractivity contribution in [3.8, 4) is 6.07 Å². The van der Waals surface area contributed by atoms with Crippen LogP contribution in [0, 0.1) is 28.1 Å². The van der Waals surface area contributed by atoms with E-state index in [9.17, 15) is 28.3 Å². The van der Waals surface area contributed by atoms with Crippen LogP contribution in [0.15, 0.2) is 12.4 Å². The van der Waals surface area contributed by atoms with Gasteiger partial charge in [-0.2, -0.15) is 23.5 Å². The number of nitrogens with zero attached hydrogens (tertiary/aromatic N) is 4. The molecule has 1 aliphatic carbocycles. The van der Waals surface area contributed by atoms with Crippen LogP contribution < -0.4 is 0 Å². The number of alkyl halides is 3. The van der Waals surface area contributed by atoms with Gasteiger partial charge < -0.3 is 10.0 Å². The summed E-state index contributed by atoms with van der Waals surface area (Å²) in [7, 11) is 0. The maximum Gasteiger partial charge on any atom is 0.403 e. The third-order valence-corrected chi connectivity index (χ3v) is 5.99. The summed E-state index contributed by atoms with van der Waals surface area (Å²) in [5, 5.41) is 26.3. The van der Waals surface area contributed by atoms with Crippen molar-refractivity contribution in [2.75, 3.05) is 26.2 Å². The molecule has 2 unspecified atom stereocenters. The highest BCUT2D eigenvalue weighted by Gasteiger charge is 2.71. The molecule has 3 fully saturated rings. The summed E-state index contributed by atoms with van der Waals surface area (Å²) in [6.45, 7) is 0.892. The van der Waals surface area contributed by atoms with Gasteiger partial charge in [0.1, 0.15) is 11.6 Å². The highest BCUT2D eigenvalue weighted by molar-refractivity contribution is 5.87. The number of aromatic nitrogens is 2. The molecule has 7 nitrogen and oxygen atoms in total. The Bertz CT molecular complexity index is 747. The molecule has 2 atom stereocenters. The highest BCUT2D eigenvalue weighted by Crippen LogP contribution is 2.60. The van der Waals surface area contributed by atoms with Gasteiger partial charge >= 0.3 is 6.18 Å². The van der Waals surface area contributed by atoms with Gasteiger partial charge in [0.15, 0.2) is 0 Å². The first-order valence-corrected chi connectivity index (χ1v) is 8.39. The van der Waals surface area contributed by atoms with Gasteiger partial charge in [0.05, 0.1) is 18.2 Å². The van der Waals surface area contributed by atoms with Crippen molar-refractivity contribution in [2.24, 2.45) is 16.7 Å². The molecule has 0 aromatic carbocycles. The fourth-order valence-corrected chi connectivity index (χ4v) is 4.21. The van der Waals surface area contributed by atoms with Crippen LogP contribution in [0.4, 0.5) is 13.2 Å². The SMILES string of the molecule is N#CC1CN(C(O)c2cn[nH]c2)CC12CN(C(=O)C1(C(F)(F)F)CC1)C2. The Morgan fingerprint density at radius 1 is 1.42 bits per heavy atom. The fourth-order valence-electron chi connectivity index (χ4n) is 4.21. The molecule has 10 heteroatoms. The highest BCUT2D eigenvalue weighted by atomic mass is 19.4. The molecular formula is C16H18F3N5O2. The minimum Gasteiger partial charge on any atom is -0.374 e. The van der Waals surface area contributed by atoms with Crippen molar-refractivity contribution in [3.63, 3.8) is 0 Å². The van der Waals surface area contributed by atoms with Crippen LogP contribution in [-0.4, -0.2) is 63.4 Å². The van der Waals surface area contributed by atoms with Crippen LogP contribution in [0.1, 0.15) is 24.6 Å². The average Bonchev–Trinajstić information content (AvgIpc) is 3.05. The topological polar surface area (TPSA) is 96.2 Å². The molecular weight excluding hydrogens is 351 g/mol. The number of aromatic amines is 1. The van der Waals surface area contributed by atoms with Crippen molar-refractivity contribution >= 4 is 5.91 Å². The summed E-state index contributed by atoms with van der Waals surface area (Å²) in [6.07, 6.45) is -2.77. The van der Waals surface area contributed by atoms with Crippen LogP contribution in [-0.2, 0) is 4.79 Å². The predicted octanol–water partition coefficient (Wildman–Crippen LogP) is 1.03. The minimum atomic E-state index is -4.53. The van der Waals surface area contributed by atoms with Gasteiger partial charge in [0, 0.05) is 43.4 Å². The van der Waals surface area contributed by atoms with Crippen LogP contribution in [0.25, 0.3) is 0 Å². The van der Waals surface area contributed by atoms with E-state index in [1.165, 1.54) is 11.1 Å². The lowest BCUT2D eigenvalue weighted by molar-refractivity contribution is -0.205. The minimum absolute atomic E-state index is 0.122. The zero-order chi connectivity index (χ0) is 18.7. The Morgan fingerprint density at radius 3 is 2.62 bits per heavy atom. The van der Waals surface area contributed by atoms with Gasteiger partial charge in [-0.3, -0.25) is 14.8 Å². The van der Waals surface area contributed by atoms with E-state index in [-0.39, 0.29) is 25.9 Å². The van der Waals surface area contributed by atoms with E-state index in [1.54, 1.807) is 11.1 Å². The Morgan fingerprint density at radius 2 is 2.12 bits per heavy atom. The molecule has 26 heavy (non-hydrogen) atoms. The third-order valence-electron chi connectivity index (χ3n) is 5.99. The molecule has 2 N–H and O–H groups in total. The normalized spacial score (nSPS) is 27.8. The summed E-state index contributed by atoms with van der Waals surface area (Å²) in [6, 6.07) is 2.19. The molecule has 3 heterocycles. The molecule has 140 valence electrons. The molecule has 0 bridgehead atoms. The quantitative estimate of drug-likeness (QED) is 0.830. The van der Waals surface area contributed by atoms with Gasteiger partial charge in [0.2, 0.25) is 5.91 Å². The lowest BCUT2D eigenvalue weighted by Crippen LogP contribution is -2.64. The number of likely N-dealkylation sites (tertiary alicyclic amines) is 2. The van der Waals surface area contributed by atoms with E-state index >= 15 is 0 Å². The number of H-pyrrole nitrogens is 1. The lowest BCUT2D eigenvalue weighted by Gasteiger charge is -2.50. The van der Waals surface area contributed by atoms with E-state index in [0.29, 0.717) is 18.7 Å². The van der Waals surface area contributed by atoms with E-state index in [4.69, 9.17) is 0 Å². The Kier molecular flexibility index (Phi) is 3.62. The van der Waals surface area contributed by atoms with E-state index in [2.05, 4.69) is 16.3 Å². The molecule has 3 aliphatic rings. The van der Waals surface area contributed by atoms with Gasteiger partial charge in [-0.15, -0.1) is 0 Å². The zero-order valence-electron chi connectivity index (χ0n) is 13.8. The summed E-state index contributed by atoms with van der Waals surface area (Å²) in [5.41, 5.74) is -2.25. The van der Waals surface area contributed by atoms with Crippen LogP contribution in [0.5, 0.6) is 0 Å². The number of nitrogens with one attached hydrogen (secondary N) is 1. The third kappa shape index (κ3) is 2.34. The number of aliphatic hydroxyl groups excluding tert-OH is 1. The van der Waals surface area contributed by atoms with Crippen molar-refractivity contribution in [1.82, 2.24) is 20.0 Å². The maximum absolute atomic E-state index is 13.2. The van der Waals surface area contributed by atoms with Gasteiger partial charge in [0.25, 0.3) is 0 Å². The number of aliphatic hydroxyl groups is 1. The van der Waals surface area contributed by atoms with E-state index in [1.807, 2.05) is 0 Å². The number of hydrogen-bond acceptors (Lipinski definition) is 5. The van der Waals surface area contributed by atoms with Crippen LogP contribution in [0.2, 0.25) is 0 Å². The number of carbonyl (C=O) groups is 1. The lowest BCUT2D eigenvalue weighted by atomic mass is 9.71. The van der Waals surface area contributed by atoms with Gasteiger partial charge in [-0.05, 0) is 12.8 Å². The van der Waals surface area contributed by atoms with E-state index in [0.717, 1.165) is 0 Å². The largest absolute Gasteiger partial charge is 0.403 e. The summed E-state index contributed by atoms with van der Waals surface area (Å²) >= 11 is 0. The second kappa shape index (κ2) is 5.44. The second-order valence-corrected chi connectivity index (χ2v) is 7.62. The van der Waals surface area contributed by atoms with Gasteiger partial charge in [-0.1, -0.05) is 0 Å². The molecule has 2 saturated heterocycles. The molecule has 1 spiro atoms. The molecule has 0 radical (unpaired) electrons. The number of carbonyl (C=O) groups excluding carboxylic acids is 1. The summed E-state index contributed by atoms with van der Waals surface area (Å²) < 4.78 is 39.5. The fraction of sp³-hybridized carbons (Fsp3) is 0.688. The molecule has 1 saturated carbocycles. The van der Waals surface area contributed by atoms with Crippen molar-refractivity contribution in [1.29, 1.82) is 5.26 Å². The first-order valence-electron chi connectivity index (χ1n) is 8.39. The van der Waals surface area contributed by atoms with Crippen molar-refractivity contribution < 1.29 is 23.1 Å². The Labute approximate surface area is 147 Å². The molecule has 4 rings (SSSR count). The van der Waals surface area contributed by atoms with Crippen molar-refractivity contribution in [3.05, 3.63) is 18.0 Å². The zero-order valence-corrected chi connectivity index (χ0v) is 13.8. The smallest absolute Gasteiger partial charge is 0.374 e. The second-order valence-electron chi connectivity index (χ2n) is 7.62.